The fourth-order valence-corrected chi connectivity index (χ4v) is 3.48. The van der Waals surface area contributed by atoms with E-state index in [1.807, 2.05) is 0 Å². The molecule has 0 bridgehead atoms. The van der Waals surface area contributed by atoms with Crippen LogP contribution in [0.3, 0.4) is 0 Å². The van der Waals surface area contributed by atoms with E-state index in [9.17, 15) is 13.6 Å². The molecule has 1 aromatic heterocycles. The van der Waals surface area contributed by atoms with E-state index in [2.05, 4.69) is 21.0 Å². The third-order valence-electron chi connectivity index (χ3n) is 5.25. The predicted molar refractivity (Wildman–Crippen MR) is 129 cm³/mol. The summed E-state index contributed by atoms with van der Waals surface area (Å²) in [4.78, 5) is 17.6. The highest BCUT2D eigenvalue weighted by Gasteiger charge is 2.13. The standard InChI is InChI=1S/C24H32F2N6O/c25-19-7-5-18(6-8-19)23-31-22-10-9-20(26)17-21(22)24(33)32(23)30-16-4-15-29-13-2-1-12-28-14-3-11-27/h5-10,17,28-30H,1-4,11-16,27H2. The Morgan fingerprint density at radius 1 is 0.818 bits per heavy atom. The molecule has 0 spiro atoms. The Bertz CT molecular complexity index is 1070. The number of rotatable bonds is 14. The van der Waals surface area contributed by atoms with Gasteiger partial charge in [-0.05, 0) is 101 Å². The van der Waals surface area contributed by atoms with Gasteiger partial charge in [-0.3, -0.25) is 4.79 Å². The third kappa shape index (κ3) is 7.31. The zero-order chi connectivity index (χ0) is 23.5. The molecule has 0 saturated carbocycles. The van der Waals surface area contributed by atoms with Crippen molar-refractivity contribution < 1.29 is 8.78 Å². The lowest BCUT2D eigenvalue weighted by atomic mass is 10.2. The van der Waals surface area contributed by atoms with Crippen LogP contribution in [-0.4, -0.2) is 48.9 Å². The summed E-state index contributed by atoms with van der Waals surface area (Å²) < 4.78 is 28.4. The minimum absolute atomic E-state index is 0.187. The van der Waals surface area contributed by atoms with Gasteiger partial charge in [-0.2, -0.15) is 0 Å². The van der Waals surface area contributed by atoms with Crippen molar-refractivity contribution >= 4 is 10.9 Å². The summed E-state index contributed by atoms with van der Waals surface area (Å²) in [5.74, 6) is -0.517. The Hall–Kier alpha value is -2.88. The smallest absolute Gasteiger partial charge is 0.280 e. The van der Waals surface area contributed by atoms with Crippen molar-refractivity contribution in [2.24, 2.45) is 5.73 Å². The molecule has 178 valence electrons. The Morgan fingerprint density at radius 2 is 1.45 bits per heavy atom. The van der Waals surface area contributed by atoms with E-state index >= 15 is 0 Å². The third-order valence-corrected chi connectivity index (χ3v) is 5.25. The van der Waals surface area contributed by atoms with Gasteiger partial charge < -0.3 is 21.8 Å². The number of nitrogens with zero attached hydrogens (tertiary/aromatic N) is 2. The summed E-state index contributed by atoms with van der Waals surface area (Å²) in [5, 5.41) is 6.94. The maximum atomic E-state index is 13.7. The SMILES string of the molecule is NCCCNCCCCNCCCNn1c(-c2ccc(F)cc2)nc2ccc(F)cc2c1=O. The zero-order valence-electron chi connectivity index (χ0n) is 18.7. The molecule has 0 aliphatic carbocycles. The van der Waals surface area contributed by atoms with Crippen LogP contribution in [0.5, 0.6) is 0 Å². The second-order valence-electron chi connectivity index (χ2n) is 7.86. The molecule has 0 amide bonds. The monoisotopic (exact) mass is 458 g/mol. The molecule has 3 rings (SSSR count). The van der Waals surface area contributed by atoms with Gasteiger partial charge >= 0.3 is 0 Å². The average molecular weight is 459 g/mol. The molecule has 0 saturated heterocycles. The Labute approximate surface area is 192 Å². The van der Waals surface area contributed by atoms with Gasteiger partial charge in [0, 0.05) is 12.1 Å². The largest absolute Gasteiger partial charge is 0.330 e. The number of benzene rings is 2. The Kier molecular flexibility index (Phi) is 9.74. The number of hydrogen-bond acceptors (Lipinski definition) is 6. The molecule has 9 heteroatoms. The number of fused-ring (bicyclic) bond motifs is 1. The molecule has 5 N–H and O–H groups in total. The number of hydrogen-bond donors (Lipinski definition) is 4. The minimum atomic E-state index is -0.499. The van der Waals surface area contributed by atoms with Gasteiger partial charge in [0.05, 0.1) is 10.9 Å². The van der Waals surface area contributed by atoms with Crippen molar-refractivity contribution in [2.75, 3.05) is 44.7 Å². The van der Waals surface area contributed by atoms with Gasteiger partial charge in [0.25, 0.3) is 5.56 Å². The molecule has 0 aliphatic rings. The molecule has 7 nitrogen and oxygen atoms in total. The highest BCUT2D eigenvalue weighted by molar-refractivity contribution is 5.79. The van der Waals surface area contributed by atoms with Gasteiger partial charge in [-0.25, -0.2) is 18.4 Å². The molecular weight excluding hydrogens is 426 g/mol. The van der Waals surface area contributed by atoms with Gasteiger partial charge in [-0.15, -0.1) is 0 Å². The van der Waals surface area contributed by atoms with Crippen LogP contribution in [0.4, 0.5) is 8.78 Å². The lowest BCUT2D eigenvalue weighted by molar-refractivity contribution is 0.569. The first-order valence-electron chi connectivity index (χ1n) is 11.4. The number of unbranched alkanes of at least 4 members (excludes halogenated alkanes) is 1. The van der Waals surface area contributed by atoms with Crippen LogP contribution in [-0.2, 0) is 0 Å². The maximum absolute atomic E-state index is 13.7. The Balaban J connectivity index is 1.57. The molecule has 0 radical (unpaired) electrons. The minimum Gasteiger partial charge on any atom is -0.330 e. The highest BCUT2D eigenvalue weighted by atomic mass is 19.1. The zero-order valence-corrected chi connectivity index (χ0v) is 18.7. The van der Waals surface area contributed by atoms with Crippen molar-refractivity contribution in [3.05, 3.63) is 64.5 Å². The van der Waals surface area contributed by atoms with E-state index in [0.717, 1.165) is 51.9 Å². The second-order valence-corrected chi connectivity index (χ2v) is 7.86. The molecule has 0 atom stereocenters. The van der Waals surface area contributed by atoms with E-state index in [4.69, 9.17) is 5.73 Å². The first-order valence-corrected chi connectivity index (χ1v) is 11.4. The number of nitrogens with two attached hydrogens (primary N) is 1. The van der Waals surface area contributed by atoms with Gasteiger partial charge in [0.1, 0.15) is 11.6 Å². The molecule has 1 heterocycles. The first kappa shape index (κ1) is 24.8. The summed E-state index contributed by atoms with van der Waals surface area (Å²) in [6, 6.07) is 9.69. The van der Waals surface area contributed by atoms with Gasteiger partial charge in [-0.1, -0.05) is 0 Å². The van der Waals surface area contributed by atoms with Crippen molar-refractivity contribution in [1.82, 2.24) is 20.3 Å². The molecular formula is C24H32F2N6O. The maximum Gasteiger partial charge on any atom is 0.280 e. The summed E-state index contributed by atoms with van der Waals surface area (Å²) in [6.45, 7) is 4.91. The van der Waals surface area contributed by atoms with Crippen LogP contribution in [0.25, 0.3) is 22.3 Å². The van der Waals surface area contributed by atoms with Gasteiger partial charge in [0.2, 0.25) is 0 Å². The van der Waals surface area contributed by atoms with Crippen LogP contribution in [0.1, 0.15) is 25.7 Å². The Morgan fingerprint density at radius 3 is 2.15 bits per heavy atom. The van der Waals surface area contributed by atoms with Crippen LogP contribution in [0.2, 0.25) is 0 Å². The molecule has 0 unspecified atom stereocenters. The average Bonchev–Trinajstić information content (AvgIpc) is 2.82. The first-order chi connectivity index (χ1) is 16.1. The number of halogens is 2. The topological polar surface area (TPSA) is 97.0 Å². The lowest BCUT2D eigenvalue weighted by Crippen LogP contribution is -2.33. The molecule has 33 heavy (non-hydrogen) atoms. The summed E-state index contributed by atoms with van der Waals surface area (Å²) in [5.41, 5.74) is 9.14. The predicted octanol–water partition coefficient (Wildman–Crippen LogP) is 2.58. The highest BCUT2D eigenvalue weighted by Crippen LogP contribution is 2.19. The second kappa shape index (κ2) is 13.0. The van der Waals surface area contributed by atoms with Crippen molar-refractivity contribution in [1.29, 1.82) is 0 Å². The fraction of sp³-hybridized carbons (Fsp3) is 0.417. The lowest BCUT2D eigenvalue weighted by Gasteiger charge is -2.16. The van der Waals surface area contributed by atoms with E-state index in [1.54, 1.807) is 12.1 Å². The van der Waals surface area contributed by atoms with E-state index < -0.39 is 11.4 Å². The van der Waals surface area contributed by atoms with E-state index in [0.29, 0.717) is 30.0 Å². The van der Waals surface area contributed by atoms with Gasteiger partial charge in [0.15, 0.2) is 5.82 Å². The van der Waals surface area contributed by atoms with Crippen molar-refractivity contribution in [3.63, 3.8) is 0 Å². The number of aromatic nitrogens is 2. The van der Waals surface area contributed by atoms with Crippen LogP contribution in [0.15, 0.2) is 47.3 Å². The molecule has 3 aromatic rings. The van der Waals surface area contributed by atoms with E-state index in [1.165, 1.54) is 35.0 Å². The summed E-state index contributed by atoms with van der Waals surface area (Å²) >= 11 is 0. The van der Waals surface area contributed by atoms with Crippen LogP contribution in [0, 0.1) is 11.6 Å². The number of nitrogens with one attached hydrogen (secondary N) is 3. The van der Waals surface area contributed by atoms with E-state index in [-0.39, 0.29) is 11.2 Å². The van der Waals surface area contributed by atoms with Crippen LogP contribution < -0.4 is 27.4 Å². The summed E-state index contributed by atoms with van der Waals surface area (Å²) in [7, 11) is 0. The normalized spacial score (nSPS) is 11.2. The quantitative estimate of drug-likeness (QED) is 0.277. The molecule has 2 aromatic carbocycles. The van der Waals surface area contributed by atoms with Crippen molar-refractivity contribution in [3.8, 4) is 11.4 Å². The molecule has 0 fully saturated rings. The van der Waals surface area contributed by atoms with Crippen molar-refractivity contribution in [2.45, 2.75) is 25.7 Å². The van der Waals surface area contributed by atoms with Crippen LogP contribution >= 0.6 is 0 Å². The molecule has 0 aliphatic heterocycles. The fourth-order valence-electron chi connectivity index (χ4n) is 3.48. The summed E-state index contributed by atoms with van der Waals surface area (Å²) in [6.07, 6.45) is 3.97.